The molecule has 0 radical (unpaired) electrons. The van der Waals surface area contributed by atoms with Gasteiger partial charge in [0.05, 0.1) is 6.42 Å². The van der Waals surface area contributed by atoms with Crippen LogP contribution in [0.25, 0.3) is 6.08 Å². The third-order valence-electron chi connectivity index (χ3n) is 2.61. The van der Waals surface area contributed by atoms with Crippen molar-refractivity contribution in [2.45, 2.75) is 45.6 Å². The van der Waals surface area contributed by atoms with Gasteiger partial charge in [0.2, 0.25) is 0 Å². The third-order valence-corrected chi connectivity index (χ3v) is 2.61. The number of hydrogen-bond acceptors (Lipinski definition) is 4. The van der Waals surface area contributed by atoms with E-state index in [-0.39, 0.29) is 25.0 Å². The highest BCUT2D eigenvalue weighted by Crippen LogP contribution is 2.09. The molecular formula is C18H22O4. The van der Waals surface area contributed by atoms with Crippen LogP contribution in [-0.4, -0.2) is 23.1 Å². The van der Waals surface area contributed by atoms with Crippen molar-refractivity contribution in [1.29, 1.82) is 0 Å². The van der Waals surface area contributed by atoms with Gasteiger partial charge in [-0.25, -0.2) is 0 Å². The summed E-state index contributed by atoms with van der Waals surface area (Å²) in [4.78, 5) is 34.8. The van der Waals surface area contributed by atoms with Gasteiger partial charge in [-0.15, -0.1) is 0 Å². The van der Waals surface area contributed by atoms with E-state index in [1.807, 2.05) is 36.4 Å². The second-order valence-electron chi connectivity index (χ2n) is 6.03. The van der Waals surface area contributed by atoms with E-state index in [0.717, 1.165) is 5.56 Å². The first-order chi connectivity index (χ1) is 10.3. The van der Waals surface area contributed by atoms with E-state index in [2.05, 4.69) is 0 Å². The number of rotatable bonds is 7. The normalized spacial score (nSPS) is 11.4. The number of Topliss-reactive ketones (excluding diaryl/α,β-unsaturated/α-hetero) is 2. The van der Waals surface area contributed by atoms with Crippen molar-refractivity contribution in [1.82, 2.24) is 0 Å². The molecule has 4 heteroatoms. The van der Waals surface area contributed by atoms with Crippen molar-refractivity contribution < 1.29 is 19.1 Å². The van der Waals surface area contributed by atoms with Crippen molar-refractivity contribution in [3.63, 3.8) is 0 Å². The van der Waals surface area contributed by atoms with Gasteiger partial charge < -0.3 is 4.74 Å². The summed E-state index contributed by atoms with van der Waals surface area (Å²) < 4.78 is 5.04. The van der Waals surface area contributed by atoms with E-state index in [1.165, 1.54) is 0 Å². The molecule has 0 heterocycles. The molecule has 0 saturated carbocycles. The molecule has 0 bridgehead atoms. The van der Waals surface area contributed by atoms with Crippen LogP contribution in [0, 0.1) is 0 Å². The summed E-state index contributed by atoms with van der Waals surface area (Å²) in [5, 5.41) is 0. The average Bonchev–Trinajstić information content (AvgIpc) is 2.37. The lowest BCUT2D eigenvalue weighted by Gasteiger charge is -2.19. The lowest BCUT2D eigenvalue weighted by Crippen LogP contribution is -2.25. The van der Waals surface area contributed by atoms with Gasteiger partial charge in [0.1, 0.15) is 17.8 Å². The van der Waals surface area contributed by atoms with Gasteiger partial charge in [0.25, 0.3) is 0 Å². The number of allylic oxidation sites excluding steroid dienone is 1. The largest absolute Gasteiger partial charge is 0.460 e. The average molecular weight is 302 g/mol. The molecule has 0 fully saturated rings. The number of carbonyl (C=O) groups excluding carboxylic acids is 3. The molecule has 0 unspecified atom stereocenters. The Balaban J connectivity index is 2.34. The highest BCUT2D eigenvalue weighted by atomic mass is 16.6. The molecule has 1 aromatic carbocycles. The number of hydrogen-bond donors (Lipinski definition) is 0. The predicted octanol–water partition coefficient (Wildman–Crippen LogP) is 3.35. The summed E-state index contributed by atoms with van der Waals surface area (Å²) in [6.45, 7) is 5.19. The maximum atomic E-state index is 11.7. The van der Waals surface area contributed by atoms with Crippen LogP contribution in [0.2, 0.25) is 0 Å². The van der Waals surface area contributed by atoms with E-state index < -0.39 is 17.4 Å². The minimum absolute atomic E-state index is 0.176. The van der Waals surface area contributed by atoms with Crippen molar-refractivity contribution in [3.05, 3.63) is 42.0 Å². The van der Waals surface area contributed by atoms with Crippen molar-refractivity contribution >= 4 is 23.6 Å². The number of benzene rings is 1. The summed E-state index contributed by atoms with van der Waals surface area (Å²) in [5.41, 5.74) is 0.371. The first-order valence-electron chi connectivity index (χ1n) is 7.23. The Morgan fingerprint density at radius 2 is 1.64 bits per heavy atom. The number of ether oxygens (including phenoxy) is 1. The molecule has 0 aliphatic heterocycles. The first kappa shape index (κ1) is 17.8. The minimum Gasteiger partial charge on any atom is -0.460 e. The van der Waals surface area contributed by atoms with Crippen LogP contribution in [0.4, 0.5) is 0 Å². The Morgan fingerprint density at radius 3 is 2.23 bits per heavy atom. The molecule has 1 rings (SSSR count). The number of esters is 1. The van der Waals surface area contributed by atoms with E-state index in [0.29, 0.717) is 0 Å². The SMILES string of the molecule is CC(C)(C)OC(=O)CC(=O)CC(=O)CC=Cc1ccccc1. The lowest BCUT2D eigenvalue weighted by atomic mass is 10.1. The Bertz CT molecular complexity index is 550. The molecule has 1 aromatic rings. The molecule has 4 nitrogen and oxygen atoms in total. The van der Waals surface area contributed by atoms with Gasteiger partial charge in [-0.05, 0) is 26.3 Å². The van der Waals surface area contributed by atoms with Crippen molar-refractivity contribution in [3.8, 4) is 0 Å². The van der Waals surface area contributed by atoms with Crippen molar-refractivity contribution in [2.75, 3.05) is 0 Å². The van der Waals surface area contributed by atoms with Crippen LogP contribution in [0.1, 0.15) is 45.6 Å². The van der Waals surface area contributed by atoms with E-state index in [9.17, 15) is 14.4 Å². The molecule has 0 atom stereocenters. The molecule has 22 heavy (non-hydrogen) atoms. The third kappa shape index (κ3) is 8.15. The number of carbonyl (C=O) groups is 3. The Kier molecular flexibility index (Phi) is 6.70. The highest BCUT2D eigenvalue weighted by Gasteiger charge is 2.19. The fourth-order valence-corrected chi connectivity index (χ4v) is 1.78. The summed E-state index contributed by atoms with van der Waals surface area (Å²) in [7, 11) is 0. The fraction of sp³-hybridized carbons (Fsp3) is 0.389. The zero-order chi connectivity index (χ0) is 16.6. The molecular weight excluding hydrogens is 280 g/mol. The van der Waals surface area contributed by atoms with Crippen molar-refractivity contribution in [2.24, 2.45) is 0 Å². The van der Waals surface area contributed by atoms with Crippen LogP contribution in [-0.2, 0) is 19.1 Å². The first-order valence-corrected chi connectivity index (χ1v) is 7.23. The van der Waals surface area contributed by atoms with E-state index in [1.54, 1.807) is 26.8 Å². The molecule has 0 N–H and O–H groups in total. The monoisotopic (exact) mass is 302 g/mol. The van der Waals surface area contributed by atoms with Gasteiger partial charge >= 0.3 is 5.97 Å². The molecule has 0 saturated heterocycles. The number of ketones is 2. The fourth-order valence-electron chi connectivity index (χ4n) is 1.78. The van der Waals surface area contributed by atoms with Crippen LogP contribution >= 0.6 is 0 Å². The zero-order valence-electron chi connectivity index (χ0n) is 13.3. The maximum absolute atomic E-state index is 11.7. The molecule has 118 valence electrons. The summed E-state index contributed by atoms with van der Waals surface area (Å²) in [5.74, 6) is -1.21. The van der Waals surface area contributed by atoms with E-state index in [4.69, 9.17) is 4.74 Å². The highest BCUT2D eigenvalue weighted by molar-refractivity contribution is 6.06. The quantitative estimate of drug-likeness (QED) is 0.572. The van der Waals surface area contributed by atoms with Crippen LogP contribution in [0.3, 0.4) is 0 Å². The minimum atomic E-state index is -0.625. The second-order valence-corrected chi connectivity index (χ2v) is 6.03. The van der Waals surface area contributed by atoms with Crippen LogP contribution < -0.4 is 0 Å². The maximum Gasteiger partial charge on any atom is 0.313 e. The zero-order valence-corrected chi connectivity index (χ0v) is 13.3. The van der Waals surface area contributed by atoms with Gasteiger partial charge in [-0.2, -0.15) is 0 Å². The summed E-state index contributed by atoms with van der Waals surface area (Å²) in [6.07, 6.45) is 3.13. The molecule has 0 aromatic heterocycles. The van der Waals surface area contributed by atoms with Gasteiger partial charge in [-0.3, -0.25) is 14.4 Å². The summed E-state index contributed by atoms with van der Waals surface area (Å²) >= 11 is 0. The molecule has 0 amide bonds. The smallest absolute Gasteiger partial charge is 0.313 e. The Hall–Kier alpha value is -2.23. The molecule has 0 spiro atoms. The lowest BCUT2D eigenvalue weighted by molar-refractivity contribution is -0.156. The van der Waals surface area contributed by atoms with Crippen LogP contribution in [0.5, 0.6) is 0 Å². The topological polar surface area (TPSA) is 60.4 Å². The standard InChI is InChI=1S/C18H22O4/c1-18(2,3)22-17(21)13-16(20)12-15(19)11-7-10-14-8-5-4-6-9-14/h4-10H,11-13H2,1-3H3. The van der Waals surface area contributed by atoms with Gasteiger partial charge in [0, 0.05) is 6.42 Å². The van der Waals surface area contributed by atoms with Gasteiger partial charge in [0.15, 0.2) is 5.78 Å². The Labute approximate surface area is 131 Å². The molecule has 0 aliphatic carbocycles. The van der Waals surface area contributed by atoms with E-state index >= 15 is 0 Å². The summed E-state index contributed by atoms with van der Waals surface area (Å²) in [6, 6.07) is 9.58. The molecule has 0 aliphatic rings. The Morgan fingerprint density at radius 1 is 1.00 bits per heavy atom. The van der Waals surface area contributed by atoms with Crippen LogP contribution in [0.15, 0.2) is 36.4 Å². The predicted molar refractivity (Wildman–Crippen MR) is 85.2 cm³/mol. The second kappa shape index (κ2) is 8.27. The van der Waals surface area contributed by atoms with Gasteiger partial charge in [-0.1, -0.05) is 42.5 Å².